The minimum absolute atomic E-state index is 0.168. The first-order valence-electron chi connectivity index (χ1n) is 5.96. The van der Waals surface area contributed by atoms with Gasteiger partial charge in [0.25, 0.3) is 0 Å². The van der Waals surface area contributed by atoms with E-state index in [1.54, 1.807) is 0 Å². The molecule has 84 valence electrons. The van der Waals surface area contributed by atoms with E-state index < -0.39 is 0 Å². The van der Waals surface area contributed by atoms with Gasteiger partial charge >= 0.3 is 0 Å². The first-order valence-corrected chi connectivity index (χ1v) is 5.96. The molecule has 14 heavy (non-hydrogen) atoms. The predicted molar refractivity (Wildman–Crippen MR) is 60.3 cm³/mol. The van der Waals surface area contributed by atoms with Gasteiger partial charge in [0.1, 0.15) is 0 Å². The predicted octanol–water partition coefficient (Wildman–Crippen LogP) is 2.27. The van der Waals surface area contributed by atoms with Crippen LogP contribution in [0.4, 0.5) is 0 Å². The highest BCUT2D eigenvalue weighted by Gasteiger charge is 2.30. The van der Waals surface area contributed by atoms with E-state index in [9.17, 15) is 5.11 Å². The fourth-order valence-electron chi connectivity index (χ4n) is 2.71. The molecule has 3 atom stereocenters. The summed E-state index contributed by atoms with van der Waals surface area (Å²) in [6, 6.07) is 1.27. The van der Waals surface area contributed by atoms with Crippen molar-refractivity contribution >= 4 is 0 Å². The lowest BCUT2D eigenvalue weighted by Crippen LogP contribution is -2.41. The van der Waals surface area contributed by atoms with Crippen LogP contribution in [-0.4, -0.2) is 34.7 Å². The maximum Gasteiger partial charge on any atom is 0.0526 e. The second-order valence-electron chi connectivity index (χ2n) is 5.13. The third-order valence-corrected chi connectivity index (χ3v) is 3.36. The van der Waals surface area contributed by atoms with Crippen LogP contribution < -0.4 is 0 Å². The van der Waals surface area contributed by atoms with E-state index >= 15 is 0 Å². The van der Waals surface area contributed by atoms with Crippen molar-refractivity contribution < 1.29 is 5.11 Å². The van der Waals surface area contributed by atoms with Crippen molar-refractivity contribution in [1.82, 2.24) is 4.90 Å². The van der Waals surface area contributed by atoms with E-state index in [4.69, 9.17) is 0 Å². The van der Waals surface area contributed by atoms with Crippen molar-refractivity contribution in [3.63, 3.8) is 0 Å². The average molecular weight is 199 g/mol. The third kappa shape index (κ3) is 2.96. The molecule has 1 N–H and O–H groups in total. The summed E-state index contributed by atoms with van der Waals surface area (Å²) in [5, 5.41) is 9.38. The Labute approximate surface area is 88.3 Å². The molecule has 0 aromatic rings. The van der Waals surface area contributed by atoms with Gasteiger partial charge in [0, 0.05) is 12.1 Å². The van der Waals surface area contributed by atoms with Crippen LogP contribution in [0, 0.1) is 5.92 Å². The number of rotatable bonds is 4. The van der Waals surface area contributed by atoms with Crippen molar-refractivity contribution in [1.29, 1.82) is 0 Å². The molecule has 1 saturated heterocycles. The van der Waals surface area contributed by atoms with Crippen LogP contribution in [-0.2, 0) is 0 Å². The molecule has 1 aliphatic rings. The Morgan fingerprint density at radius 2 is 1.93 bits per heavy atom. The Balaban J connectivity index is 2.49. The second kappa shape index (κ2) is 5.13. The van der Waals surface area contributed by atoms with E-state index in [0.717, 1.165) is 18.4 Å². The lowest BCUT2D eigenvalue weighted by molar-refractivity contribution is 0.0979. The summed E-state index contributed by atoms with van der Waals surface area (Å²) in [4.78, 5) is 2.58. The number of aliphatic hydroxyl groups excluding tert-OH is 1. The Kier molecular flexibility index (Phi) is 4.39. The van der Waals surface area contributed by atoms with Crippen LogP contribution in [0.25, 0.3) is 0 Å². The molecular formula is C12H25NO. The second-order valence-corrected chi connectivity index (χ2v) is 5.13. The molecular weight excluding hydrogens is 174 g/mol. The minimum atomic E-state index is -0.168. The van der Waals surface area contributed by atoms with Gasteiger partial charge in [-0.15, -0.1) is 0 Å². The van der Waals surface area contributed by atoms with E-state index in [1.807, 2.05) is 6.92 Å². The summed E-state index contributed by atoms with van der Waals surface area (Å²) in [7, 11) is 0. The van der Waals surface area contributed by atoms with Gasteiger partial charge in [0.05, 0.1) is 6.10 Å². The molecule has 0 amide bonds. The van der Waals surface area contributed by atoms with Crippen molar-refractivity contribution in [3.8, 4) is 0 Å². The maximum atomic E-state index is 9.38. The van der Waals surface area contributed by atoms with Gasteiger partial charge < -0.3 is 5.11 Å². The van der Waals surface area contributed by atoms with Crippen LogP contribution in [0.1, 0.15) is 47.0 Å². The highest BCUT2D eigenvalue weighted by atomic mass is 16.3. The lowest BCUT2D eigenvalue weighted by Gasteiger charge is -2.33. The van der Waals surface area contributed by atoms with Gasteiger partial charge in [-0.25, -0.2) is 0 Å². The topological polar surface area (TPSA) is 23.5 Å². The molecule has 2 heteroatoms. The molecule has 0 spiro atoms. The van der Waals surface area contributed by atoms with E-state index in [0.29, 0.717) is 6.04 Å². The fourth-order valence-corrected chi connectivity index (χ4v) is 2.71. The van der Waals surface area contributed by atoms with Gasteiger partial charge in [-0.1, -0.05) is 13.8 Å². The van der Waals surface area contributed by atoms with Gasteiger partial charge in [-0.05, 0) is 45.6 Å². The molecule has 1 aliphatic heterocycles. The zero-order chi connectivity index (χ0) is 10.7. The summed E-state index contributed by atoms with van der Waals surface area (Å²) in [6.45, 7) is 9.96. The molecule has 3 unspecified atom stereocenters. The monoisotopic (exact) mass is 199 g/mol. The molecule has 0 aromatic heterocycles. The lowest BCUT2D eigenvalue weighted by atomic mass is 10.00. The Hall–Kier alpha value is -0.0800. The van der Waals surface area contributed by atoms with Gasteiger partial charge in [-0.2, -0.15) is 0 Å². The molecule has 0 bridgehead atoms. The van der Waals surface area contributed by atoms with Gasteiger partial charge in [-0.3, -0.25) is 4.90 Å². The van der Waals surface area contributed by atoms with E-state index in [1.165, 1.54) is 19.4 Å². The molecule has 1 rings (SSSR count). The molecule has 0 aromatic carbocycles. The number of hydrogen-bond acceptors (Lipinski definition) is 2. The number of likely N-dealkylation sites (tertiary alicyclic amines) is 1. The van der Waals surface area contributed by atoms with Crippen LogP contribution in [0.15, 0.2) is 0 Å². The highest BCUT2D eigenvalue weighted by molar-refractivity contribution is 4.85. The van der Waals surface area contributed by atoms with E-state index in [-0.39, 0.29) is 6.10 Å². The number of hydrogen-bond donors (Lipinski definition) is 1. The van der Waals surface area contributed by atoms with E-state index in [2.05, 4.69) is 25.7 Å². The smallest absolute Gasteiger partial charge is 0.0526 e. The minimum Gasteiger partial charge on any atom is -0.393 e. The van der Waals surface area contributed by atoms with Crippen LogP contribution >= 0.6 is 0 Å². The van der Waals surface area contributed by atoms with Crippen LogP contribution in [0.3, 0.4) is 0 Å². The van der Waals surface area contributed by atoms with Gasteiger partial charge in [0.15, 0.2) is 0 Å². The summed E-state index contributed by atoms with van der Waals surface area (Å²) < 4.78 is 0. The Morgan fingerprint density at radius 3 is 2.43 bits per heavy atom. The largest absolute Gasteiger partial charge is 0.393 e. The third-order valence-electron chi connectivity index (χ3n) is 3.36. The standard InChI is InChI=1S/C12H25NO/c1-9(2)12-6-5-7-13(12)10(3)8-11(4)14/h9-12,14H,5-8H2,1-4H3. The molecule has 1 fully saturated rings. The molecule has 0 radical (unpaired) electrons. The fraction of sp³-hybridized carbons (Fsp3) is 1.00. The van der Waals surface area contributed by atoms with Crippen LogP contribution in [0.5, 0.6) is 0 Å². The Morgan fingerprint density at radius 1 is 1.29 bits per heavy atom. The van der Waals surface area contributed by atoms with Crippen molar-refractivity contribution in [2.75, 3.05) is 6.54 Å². The van der Waals surface area contributed by atoms with Crippen molar-refractivity contribution in [3.05, 3.63) is 0 Å². The number of nitrogens with zero attached hydrogens (tertiary/aromatic N) is 1. The summed E-state index contributed by atoms with van der Waals surface area (Å²) >= 11 is 0. The number of aliphatic hydroxyl groups is 1. The summed E-state index contributed by atoms with van der Waals surface area (Å²) in [5.74, 6) is 0.744. The average Bonchev–Trinajstić information content (AvgIpc) is 2.49. The zero-order valence-corrected chi connectivity index (χ0v) is 10.0. The molecule has 1 heterocycles. The Bertz CT molecular complexity index is 168. The normalized spacial score (nSPS) is 28.3. The first-order chi connectivity index (χ1) is 6.52. The zero-order valence-electron chi connectivity index (χ0n) is 10.0. The van der Waals surface area contributed by atoms with Crippen molar-refractivity contribution in [2.24, 2.45) is 5.92 Å². The molecule has 0 saturated carbocycles. The molecule has 2 nitrogen and oxygen atoms in total. The highest BCUT2D eigenvalue weighted by Crippen LogP contribution is 2.27. The maximum absolute atomic E-state index is 9.38. The molecule has 0 aliphatic carbocycles. The summed E-state index contributed by atoms with van der Waals surface area (Å²) in [5.41, 5.74) is 0. The van der Waals surface area contributed by atoms with Gasteiger partial charge in [0.2, 0.25) is 0 Å². The van der Waals surface area contributed by atoms with Crippen molar-refractivity contribution in [2.45, 2.75) is 65.1 Å². The summed E-state index contributed by atoms with van der Waals surface area (Å²) in [6.07, 6.45) is 3.40. The quantitative estimate of drug-likeness (QED) is 0.751. The SMILES string of the molecule is CC(O)CC(C)N1CCCC1C(C)C. The van der Waals surface area contributed by atoms with Crippen LogP contribution in [0.2, 0.25) is 0 Å². The first kappa shape index (κ1) is 12.0.